The highest BCUT2D eigenvalue weighted by Gasteiger charge is 2.62. The molecular formula is C27H46N2O4. The van der Waals surface area contributed by atoms with E-state index in [2.05, 4.69) is 20.8 Å². The second kappa shape index (κ2) is 9.49. The number of fused-ring (bicyclic) bond motifs is 5. The number of nitrogens with zero attached hydrogens (tertiary/aromatic N) is 1. The van der Waals surface area contributed by atoms with Crippen molar-refractivity contribution in [3.8, 4) is 0 Å². The zero-order valence-corrected chi connectivity index (χ0v) is 21.0. The molecule has 1 saturated heterocycles. The summed E-state index contributed by atoms with van der Waals surface area (Å²) < 4.78 is 0. The number of hydrogen-bond donors (Lipinski definition) is 3. The largest absolute Gasteiger partial charge is 0.481 e. The van der Waals surface area contributed by atoms with Crippen molar-refractivity contribution >= 4 is 11.9 Å². The fraction of sp³-hybridized carbons (Fsp3) is 0.926. The molecule has 3 aliphatic carbocycles. The van der Waals surface area contributed by atoms with Crippen molar-refractivity contribution in [2.75, 3.05) is 13.1 Å². The Morgan fingerprint density at radius 3 is 2.55 bits per heavy atom. The third-order valence-electron chi connectivity index (χ3n) is 10.8. The summed E-state index contributed by atoms with van der Waals surface area (Å²) in [7, 11) is 0. The third kappa shape index (κ3) is 4.35. The van der Waals surface area contributed by atoms with Crippen molar-refractivity contribution < 1.29 is 19.8 Å². The van der Waals surface area contributed by atoms with Gasteiger partial charge in [-0.3, -0.25) is 9.59 Å². The van der Waals surface area contributed by atoms with E-state index < -0.39 is 12.0 Å². The van der Waals surface area contributed by atoms with Crippen LogP contribution >= 0.6 is 0 Å². The van der Waals surface area contributed by atoms with Crippen molar-refractivity contribution in [1.29, 1.82) is 0 Å². The minimum atomic E-state index is -0.694. The predicted molar refractivity (Wildman–Crippen MR) is 128 cm³/mol. The average molecular weight is 463 g/mol. The Kier molecular flexibility index (Phi) is 7.18. The molecule has 1 heterocycles. The smallest absolute Gasteiger partial charge is 0.303 e. The number of carbonyl (C=O) groups is 2. The van der Waals surface area contributed by atoms with Crippen LogP contribution < -0.4 is 5.73 Å². The van der Waals surface area contributed by atoms with Gasteiger partial charge in [0.1, 0.15) is 0 Å². The minimum absolute atomic E-state index is 0.0896. The Morgan fingerprint density at radius 2 is 1.85 bits per heavy atom. The van der Waals surface area contributed by atoms with E-state index >= 15 is 0 Å². The number of rotatable bonds is 7. The number of likely N-dealkylation sites (tertiary alicyclic amines) is 1. The molecule has 0 aromatic heterocycles. The number of aliphatic hydroxyl groups is 1. The summed E-state index contributed by atoms with van der Waals surface area (Å²) in [5.74, 6) is 1.73. The molecule has 4 N–H and O–H groups in total. The molecule has 0 bridgehead atoms. The maximum absolute atomic E-state index is 12.9. The molecule has 1 amide bonds. The van der Waals surface area contributed by atoms with Gasteiger partial charge in [-0.1, -0.05) is 27.2 Å². The molecule has 9 atom stereocenters. The summed E-state index contributed by atoms with van der Waals surface area (Å²) in [4.78, 5) is 25.9. The van der Waals surface area contributed by atoms with Crippen LogP contribution in [0.15, 0.2) is 0 Å². The maximum atomic E-state index is 12.9. The van der Waals surface area contributed by atoms with E-state index in [1.54, 1.807) is 0 Å². The summed E-state index contributed by atoms with van der Waals surface area (Å²) in [5, 5.41) is 20.5. The number of amides is 1. The first-order chi connectivity index (χ1) is 15.6. The van der Waals surface area contributed by atoms with Crippen LogP contribution in [-0.4, -0.2) is 52.2 Å². The van der Waals surface area contributed by atoms with Crippen LogP contribution in [0.25, 0.3) is 0 Å². The van der Waals surface area contributed by atoms with Crippen LogP contribution in [0.4, 0.5) is 0 Å². The van der Waals surface area contributed by atoms with Gasteiger partial charge in [-0.15, -0.1) is 0 Å². The number of carboxylic acid groups (broad SMARTS) is 1. The summed E-state index contributed by atoms with van der Waals surface area (Å²) in [6, 6.07) is -0.396. The molecule has 0 spiro atoms. The molecule has 1 aliphatic heterocycles. The number of piperidine rings is 1. The Hall–Kier alpha value is -1.14. The molecule has 4 fully saturated rings. The molecule has 4 aliphatic rings. The average Bonchev–Trinajstić information content (AvgIpc) is 3.10. The SMILES string of the molecule is CCCC(N)C(=O)N1CCC2(C)C(CC(O)C3C4CCC(CCCC(=O)O)C4(C)CCC32)C1. The molecule has 9 unspecified atom stereocenters. The second-order valence-corrected chi connectivity index (χ2v) is 12.3. The number of nitrogens with two attached hydrogens (primary N) is 1. The van der Waals surface area contributed by atoms with E-state index in [9.17, 15) is 14.7 Å². The van der Waals surface area contributed by atoms with Gasteiger partial charge in [0, 0.05) is 19.5 Å². The number of carbonyl (C=O) groups excluding carboxylic acids is 1. The zero-order chi connectivity index (χ0) is 24.0. The first-order valence-corrected chi connectivity index (χ1v) is 13.6. The Labute approximate surface area is 199 Å². The number of hydrogen-bond acceptors (Lipinski definition) is 4. The lowest BCUT2D eigenvalue weighted by atomic mass is 9.45. The van der Waals surface area contributed by atoms with Gasteiger partial charge in [-0.05, 0) is 98.2 Å². The normalized spacial score (nSPS) is 43.4. The lowest BCUT2D eigenvalue weighted by Gasteiger charge is -2.62. The Morgan fingerprint density at radius 1 is 1.12 bits per heavy atom. The molecule has 0 radical (unpaired) electrons. The number of carboxylic acids is 1. The van der Waals surface area contributed by atoms with E-state index in [-0.39, 0.29) is 29.3 Å². The zero-order valence-electron chi connectivity index (χ0n) is 21.0. The van der Waals surface area contributed by atoms with Crippen LogP contribution in [0, 0.1) is 40.4 Å². The van der Waals surface area contributed by atoms with Gasteiger partial charge >= 0.3 is 5.97 Å². The second-order valence-electron chi connectivity index (χ2n) is 12.3. The molecule has 6 heteroatoms. The van der Waals surface area contributed by atoms with Gasteiger partial charge in [-0.25, -0.2) is 0 Å². The molecule has 6 nitrogen and oxygen atoms in total. The van der Waals surface area contributed by atoms with Crippen molar-refractivity contribution in [3.05, 3.63) is 0 Å². The van der Waals surface area contributed by atoms with Crippen LogP contribution in [0.2, 0.25) is 0 Å². The fourth-order valence-corrected chi connectivity index (χ4v) is 8.88. The van der Waals surface area contributed by atoms with E-state index in [0.29, 0.717) is 29.6 Å². The molecule has 188 valence electrons. The molecular weight excluding hydrogens is 416 g/mol. The minimum Gasteiger partial charge on any atom is -0.481 e. The Bertz CT molecular complexity index is 744. The molecule has 33 heavy (non-hydrogen) atoms. The monoisotopic (exact) mass is 462 g/mol. The quantitative estimate of drug-likeness (QED) is 0.530. The molecule has 0 aromatic carbocycles. The Balaban J connectivity index is 1.47. The summed E-state index contributed by atoms with van der Waals surface area (Å²) in [5.41, 5.74) is 6.57. The standard InChI is InChI=1S/C27H46N2O4/c1-4-6-21(28)25(33)29-14-13-27(3)18(16-29)15-22(30)24-19-10-9-17(7-5-8-23(31)32)26(19,2)12-11-20(24)27/h17-22,24,30H,4-16,28H2,1-3H3,(H,31,32). The highest BCUT2D eigenvalue weighted by Crippen LogP contribution is 2.67. The lowest BCUT2D eigenvalue weighted by Crippen LogP contribution is -2.62. The van der Waals surface area contributed by atoms with Gasteiger partial charge in [0.2, 0.25) is 5.91 Å². The van der Waals surface area contributed by atoms with Gasteiger partial charge in [0.25, 0.3) is 0 Å². The maximum Gasteiger partial charge on any atom is 0.303 e. The lowest BCUT2D eigenvalue weighted by molar-refractivity contribution is -0.175. The van der Waals surface area contributed by atoms with Crippen LogP contribution in [0.5, 0.6) is 0 Å². The predicted octanol–water partition coefficient (Wildman–Crippen LogP) is 4.05. The van der Waals surface area contributed by atoms with Gasteiger partial charge < -0.3 is 20.8 Å². The van der Waals surface area contributed by atoms with Crippen molar-refractivity contribution in [1.82, 2.24) is 4.90 Å². The topological polar surface area (TPSA) is 104 Å². The van der Waals surface area contributed by atoms with E-state index in [1.165, 1.54) is 19.3 Å². The summed E-state index contributed by atoms with van der Waals surface area (Å²) >= 11 is 0. The van der Waals surface area contributed by atoms with Crippen molar-refractivity contribution in [3.63, 3.8) is 0 Å². The number of aliphatic carboxylic acids is 1. The van der Waals surface area contributed by atoms with E-state index in [1.807, 2.05) is 4.90 Å². The summed E-state index contributed by atoms with van der Waals surface area (Å²) in [6.07, 6.45) is 9.89. The highest BCUT2D eigenvalue weighted by molar-refractivity contribution is 5.81. The molecule has 0 aromatic rings. The van der Waals surface area contributed by atoms with Crippen LogP contribution in [0.1, 0.15) is 91.4 Å². The number of aliphatic hydroxyl groups excluding tert-OH is 1. The first-order valence-electron chi connectivity index (χ1n) is 13.6. The van der Waals surface area contributed by atoms with Crippen molar-refractivity contribution in [2.45, 2.75) is 104 Å². The molecule has 4 rings (SSSR count). The van der Waals surface area contributed by atoms with Crippen LogP contribution in [0.3, 0.4) is 0 Å². The highest BCUT2D eigenvalue weighted by atomic mass is 16.4. The van der Waals surface area contributed by atoms with E-state index in [4.69, 9.17) is 10.8 Å². The van der Waals surface area contributed by atoms with Crippen LogP contribution in [-0.2, 0) is 9.59 Å². The van der Waals surface area contributed by atoms with Crippen molar-refractivity contribution in [2.24, 2.45) is 46.2 Å². The summed E-state index contributed by atoms with van der Waals surface area (Å²) in [6.45, 7) is 8.48. The molecule has 3 saturated carbocycles. The van der Waals surface area contributed by atoms with E-state index in [0.717, 1.165) is 58.0 Å². The van der Waals surface area contributed by atoms with Gasteiger partial charge in [0.15, 0.2) is 0 Å². The fourth-order valence-electron chi connectivity index (χ4n) is 8.88. The third-order valence-corrected chi connectivity index (χ3v) is 10.8. The van der Waals surface area contributed by atoms with Gasteiger partial charge in [0.05, 0.1) is 12.1 Å². The van der Waals surface area contributed by atoms with Gasteiger partial charge in [-0.2, -0.15) is 0 Å². The first kappa shape index (κ1) is 25.0.